The fraction of sp³-hybridized carbons (Fsp3) is 0.312. The monoisotopic (exact) mass is 429 g/mol. The fourth-order valence-corrected chi connectivity index (χ4v) is 3.88. The van der Waals surface area contributed by atoms with Crippen LogP contribution in [0.2, 0.25) is 10.0 Å². The minimum Gasteiger partial charge on any atom is -0.490 e. The molecule has 1 aromatic carbocycles. The molecule has 0 aliphatic carbocycles. The number of nitrogen functional groups attached to an aromatic ring is 1. The van der Waals surface area contributed by atoms with E-state index in [1.807, 2.05) is 0 Å². The first-order valence-electron chi connectivity index (χ1n) is 8.07. The lowest BCUT2D eigenvalue weighted by Gasteiger charge is -2.10. The van der Waals surface area contributed by atoms with E-state index in [1.165, 1.54) is 11.8 Å². The Morgan fingerprint density at radius 2 is 2.04 bits per heavy atom. The SMILES string of the molecule is Nc1nc2c(nc(SCCCOc3c(Cl)cccc3Cl)n2CCO)c(=O)[nH]1. The fourth-order valence-electron chi connectivity index (χ4n) is 2.44. The molecule has 0 bridgehead atoms. The Balaban J connectivity index is 1.66. The molecule has 0 spiro atoms. The molecule has 0 fully saturated rings. The largest absolute Gasteiger partial charge is 0.490 e. The van der Waals surface area contributed by atoms with Crippen molar-refractivity contribution in [3.8, 4) is 5.75 Å². The lowest BCUT2D eigenvalue weighted by molar-refractivity contribution is 0.273. The summed E-state index contributed by atoms with van der Waals surface area (Å²) in [5.74, 6) is 1.14. The number of aromatic amines is 1. The number of nitrogens with one attached hydrogen (secondary N) is 1. The molecule has 0 amide bonds. The number of benzene rings is 1. The maximum atomic E-state index is 12.0. The smallest absolute Gasteiger partial charge is 0.280 e. The zero-order valence-electron chi connectivity index (χ0n) is 14.1. The molecule has 0 saturated carbocycles. The molecule has 11 heteroatoms. The number of aromatic nitrogens is 4. The van der Waals surface area contributed by atoms with E-state index in [0.29, 0.717) is 45.4 Å². The van der Waals surface area contributed by atoms with Crippen molar-refractivity contribution in [3.05, 3.63) is 38.6 Å². The highest BCUT2D eigenvalue weighted by Gasteiger charge is 2.15. The van der Waals surface area contributed by atoms with Crippen LogP contribution in [0.3, 0.4) is 0 Å². The van der Waals surface area contributed by atoms with Gasteiger partial charge < -0.3 is 20.1 Å². The van der Waals surface area contributed by atoms with Crippen molar-refractivity contribution in [3.63, 3.8) is 0 Å². The van der Waals surface area contributed by atoms with E-state index in [2.05, 4.69) is 15.0 Å². The number of imidazole rings is 1. The van der Waals surface area contributed by atoms with Gasteiger partial charge in [0, 0.05) is 12.3 Å². The topological polar surface area (TPSA) is 119 Å². The van der Waals surface area contributed by atoms with Crippen molar-refractivity contribution in [2.24, 2.45) is 0 Å². The molecule has 2 heterocycles. The molecule has 27 heavy (non-hydrogen) atoms. The maximum absolute atomic E-state index is 12.0. The summed E-state index contributed by atoms with van der Waals surface area (Å²) in [5, 5.41) is 10.8. The van der Waals surface area contributed by atoms with Crippen molar-refractivity contribution >= 4 is 52.1 Å². The van der Waals surface area contributed by atoms with Gasteiger partial charge in [-0.3, -0.25) is 9.78 Å². The van der Waals surface area contributed by atoms with Crippen molar-refractivity contribution < 1.29 is 9.84 Å². The average Bonchev–Trinajstić information content (AvgIpc) is 2.95. The number of nitrogens with two attached hydrogens (primary N) is 1. The summed E-state index contributed by atoms with van der Waals surface area (Å²) in [6.07, 6.45) is 0.695. The highest BCUT2D eigenvalue weighted by molar-refractivity contribution is 7.99. The van der Waals surface area contributed by atoms with E-state index in [-0.39, 0.29) is 24.6 Å². The predicted octanol–water partition coefficient (Wildman–Crippen LogP) is 2.56. The first-order chi connectivity index (χ1) is 13.0. The average molecular weight is 430 g/mol. The number of fused-ring (bicyclic) bond motifs is 1. The first kappa shape index (κ1) is 19.8. The molecule has 0 atom stereocenters. The molecular formula is C16H17Cl2N5O3S. The number of halogens is 2. The summed E-state index contributed by atoms with van der Waals surface area (Å²) in [7, 11) is 0. The van der Waals surface area contributed by atoms with E-state index < -0.39 is 5.56 Å². The number of ether oxygens (including phenoxy) is 1. The highest BCUT2D eigenvalue weighted by atomic mass is 35.5. The molecule has 0 saturated heterocycles. The number of rotatable bonds is 8. The number of aliphatic hydroxyl groups excluding tert-OH is 1. The second-order valence-electron chi connectivity index (χ2n) is 5.49. The van der Waals surface area contributed by atoms with Gasteiger partial charge in [-0.05, 0) is 18.6 Å². The third kappa shape index (κ3) is 4.49. The number of anilines is 1. The number of thioether (sulfide) groups is 1. The van der Waals surface area contributed by atoms with Crippen LogP contribution in [-0.4, -0.2) is 43.6 Å². The second kappa shape index (κ2) is 8.83. The Kier molecular flexibility index (Phi) is 6.48. The number of hydrogen-bond donors (Lipinski definition) is 3. The molecular weight excluding hydrogens is 413 g/mol. The van der Waals surface area contributed by atoms with Crippen molar-refractivity contribution in [1.29, 1.82) is 0 Å². The Morgan fingerprint density at radius 3 is 2.74 bits per heavy atom. The van der Waals surface area contributed by atoms with Crippen LogP contribution in [0.1, 0.15) is 6.42 Å². The van der Waals surface area contributed by atoms with Gasteiger partial charge in [-0.2, -0.15) is 4.98 Å². The molecule has 3 rings (SSSR count). The van der Waals surface area contributed by atoms with Gasteiger partial charge in [0.05, 0.1) is 23.3 Å². The number of hydrogen-bond acceptors (Lipinski definition) is 7. The lowest BCUT2D eigenvalue weighted by Crippen LogP contribution is -2.12. The lowest BCUT2D eigenvalue weighted by atomic mass is 10.3. The Labute approximate surface area is 168 Å². The molecule has 8 nitrogen and oxygen atoms in total. The van der Waals surface area contributed by atoms with Crippen molar-refractivity contribution in [2.75, 3.05) is 24.7 Å². The quantitative estimate of drug-likeness (QED) is 0.371. The van der Waals surface area contributed by atoms with Gasteiger partial charge in [0.2, 0.25) is 5.95 Å². The molecule has 0 radical (unpaired) electrons. The van der Waals surface area contributed by atoms with Crippen LogP contribution in [-0.2, 0) is 6.54 Å². The Hall–Kier alpha value is -1.94. The van der Waals surface area contributed by atoms with Crippen LogP contribution < -0.4 is 16.0 Å². The minimum absolute atomic E-state index is 0.00755. The maximum Gasteiger partial charge on any atom is 0.280 e. The first-order valence-corrected chi connectivity index (χ1v) is 9.82. The van der Waals surface area contributed by atoms with Gasteiger partial charge in [-0.15, -0.1) is 0 Å². The summed E-state index contributed by atoms with van der Waals surface area (Å²) in [6.45, 7) is 0.574. The summed E-state index contributed by atoms with van der Waals surface area (Å²) in [4.78, 5) is 22.9. The Bertz CT molecular complexity index is 987. The van der Waals surface area contributed by atoms with E-state index in [4.69, 9.17) is 33.7 Å². The van der Waals surface area contributed by atoms with Crippen LogP contribution in [0, 0.1) is 0 Å². The van der Waals surface area contributed by atoms with Gasteiger partial charge in [-0.1, -0.05) is 41.0 Å². The molecule has 4 N–H and O–H groups in total. The van der Waals surface area contributed by atoms with Crippen molar-refractivity contribution in [2.45, 2.75) is 18.1 Å². The van der Waals surface area contributed by atoms with Crippen LogP contribution in [0.5, 0.6) is 5.75 Å². The summed E-state index contributed by atoms with van der Waals surface area (Å²) < 4.78 is 7.33. The third-order valence-electron chi connectivity index (χ3n) is 3.60. The standard InChI is InChI=1S/C16H17Cl2N5O3S/c17-9-3-1-4-10(18)12(9)26-7-2-8-27-16-20-11-13(23(16)5-6-24)21-15(19)22-14(11)25/h1,3-4,24H,2,5-8H2,(H3,19,21,22,25). The molecule has 0 unspecified atom stereocenters. The van der Waals surface area contributed by atoms with Gasteiger partial charge in [0.15, 0.2) is 22.1 Å². The molecule has 0 aliphatic rings. The zero-order valence-corrected chi connectivity index (χ0v) is 16.4. The summed E-state index contributed by atoms with van der Waals surface area (Å²) in [6, 6.07) is 5.18. The summed E-state index contributed by atoms with van der Waals surface area (Å²) >= 11 is 13.6. The van der Waals surface area contributed by atoms with Crippen LogP contribution in [0.4, 0.5) is 5.95 Å². The number of para-hydroxylation sites is 1. The third-order valence-corrected chi connectivity index (χ3v) is 5.26. The highest BCUT2D eigenvalue weighted by Crippen LogP contribution is 2.32. The molecule has 3 aromatic rings. The van der Waals surface area contributed by atoms with Crippen molar-refractivity contribution in [1.82, 2.24) is 19.5 Å². The van der Waals surface area contributed by atoms with Crippen LogP contribution >= 0.6 is 35.0 Å². The van der Waals surface area contributed by atoms with Gasteiger partial charge >= 0.3 is 0 Å². The van der Waals surface area contributed by atoms with Crippen LogP contribution in [0.25, 0.3) is 11.2 Å². The summed E-state index contributed by atoms with van der Waals surface area (Å²) in [5.41, 5.74) is 5.74. The van der Waals surface area contributed by atoms with E-state index in [1.54, 1.807) is 22.8 Å². The minimum atomic E-state index is -0.410. The predicted molar refractivity (Wildman–Crippen MR) is 107 cm³/mol. The molecule has 0 aliphatic heterocycles. The number of nitrogens with zero attached hydrogens (tertiary/aromatic N) is 3. The molecule has 2 aromatic heterocycles. The normalized spacial score (nSPS) is 11.2. The van der Waals surface area contributed by atoms with Gasteiger partial charge in [0.1, 0.15) is 0 Å². The zero-order chi connectivity index (χ0) is 19.4. The van der Waals surface area contributed by atoms with E-state index in [9.17, 15) is 9.90 Å². The van der Waals surface area contributed by atoms with E-state index >= 15 is 0 Å². The van der Waals surface area contributed by atoms with Gasteiger partial charge in [0.25, 0.3) is 5.56 Å². The number of H-pyrrole nitrogens is 1. The second-order valence-corrected chi connectivity index (χ2v) is 7.37. The number of aliphatic hydroxyl groups is 1. The molecule has 144 valence electrons. The van der Waals surface area contributed by atoms with Gasteiger partial charge in [-0.25, -0.2) is 4.98 Å². The van der Waals surface area contributed by atoms with Crippen LogP contribution in [0.15, 0.2) is 28.2 Å². The van der Waals surface area contributed by atoms with E-state index in [0.717, 1.165) is 0 Å². The Morgan fingerprint density at radius 1 is 1.30 bits per heavy atom.